The summed E-state index contributed by atoms with van der Waals surface area (Å²) in [6, 6.07) is 6.16. The molecular weight excluding hydrogens is 316 g/mol. The Morgan fingerprint density at radius 1 is 1.12 bits per heavy atom. The first-order valence-electron chi connectivity index (χ1n) is 8.28. The van der Waals surface area contributed by atoms with Gasteiger partial charge in [0.05, 0.1) is 5.52 Å². The Labute approximate surface area is 144 Å². The van der Waals surface area contributed by atoms with Gasteiger partial charge in [-0.05, 0) is 32.0 Å². The summed E-state index contributed by atoms with van der Waals surface area (Å²) in [5.74, 6) is 1.35. The number of hydrogen-bond donors (Lipinski definition) is 0. The molecule has 0 aliphatic rings. The van der Waals surface area contributed by atoms with E-state index in [0.29, 0.717) is 11.6 Å². The van der Waals surface area contributed by atoms with Crippen LogP contribution in [0.15, 0.2) is 41.3 Å². The molecule has 0 fully saturated rings. The second-order valence-corrected chi connectivity index (χ2v) is 6.11. The van der Waals surface area contributed by atoms with E-state index in [1.807, 2.05) is 29.8 Å². The van der Waals surface area contributed by atoms with E-state index in [1.165, 1.54) is 0 Å². The highest BCUT2D eigenvalue weighted by Crippen LogP contribution is 2.26. The van der Waals surface area contributed by atoms with Crippen LogP contribution < -0.4 is 0 Å². The zero-order valence-corrected chi connectivity index (χ0v) is 14.3. The molecule has 0 atom stereocenters. The minimum Gasteiger partial charge on any atom is -0.444 e. The molecule has 0 radical (unpaired) electrons. The normalized spacial score (nSPS) is 11.5. The van der Waals surface area contributed by atoms with Crippen molar-refractivity contribution < 1.29 is 4.42 Å². The summed E-state index contributed by atoms with van der Waals surface area (Å²) >= 11 is 0. The van der Waals surface area contributed by atoms with Crippen LogP contribution in [0.3, 0.4) is 0 Å². The minimum atomic E-state index is 0.260. The monoisotopic (exact) mass is 334 g/mol. The fourth-order valence-corrected chi connectivity index (χ4v) is 2.66. The molecule has 0 aliphatic heterocycles. The number of benzene rings is 1. The van der Waals surface area contributed by atoms with Gasteiger partial charge in [0.25, 0.3) is 0 Å². The zero-order chi connectivity index (χ0) is 17.4. The van der Waals surface area contributed by atoms with E-state index in [0.717, 1.165) is 34.4 Å². The molecule has 1 aromatic carbocycles. The van der Waals surface area contributed by atoms with Crippen molar-refractivity contribution in [2.24, 2.45) is 0 Å². The van der Waals surface area contributed by atoms with Crippen LogP contribution in [-0.4, -0.2) is 29.9 Å². The lowest BCUT2D eigenvalue weighted by molar-refractivity contribution is 0.530. The molecule has 0 aliphatic carbocycles. The predicted molar refractivity (Wildman–Crippen MR) is 93.8 cm³/mol. The largest absolute Gasteiger partial charge is 0.444 e. The van der Waals surface area contributed by atoms with E-state index in [-0.39, 0.29) is 6.04 Å². The number of fused-ring (bicyclic) bond motifs is 1. The Balaban J connectivity index is 1.68. The van der Waals surface area contributed by atoms with Gasteiger partial charge in [-0.3, -0.25) is 0 Å². The molecule has 126 valence electrons. The Morgan fingerprint density at radius 3 is 2.64 bits per heavy atom. The van der Waals surface area contributed by atoms with E-state index in [9.17, 15) is 0 Å². The molecular formula is C18H18N6O. The number of nitrogens with zero attached hydrogens (tertiary/aromatic N) is 6. The third kappa shape index (κ3) is 2.77. The lowest BCUT2D eigenvalue weighted by atomic mass is 10.2. The van der Waals surface area contributed by atoms with Crippen molar-refractivity contribution in [3.8, 4) is 22.7 Å². The van der Waals surface area contributed by atoms with Crippen LogP contribution in [-0.2, 0) is 6.42 Å². The van der Waals surface area contributed by atoms with Gasteiger partial charge < -0.3 is 4.42 Å². The molecule has 0 spiro atoms. The maximum Gasteiger partial charge on any atom is 0.226 e. The highest BCUT2D eigenvalue weighted by atomic mass is 16.3. The van der Waals surface area contributed by atoms with E-state index in [2.05, 4.69) is 39.1 Å². The second-order valence-electron chi connectivity index (χ2n) is 6.11. The highest BCUT2D eigenvalue weighted by molar-refractivity contribution is 5.80. The van der Waals surface area contributed by atoms with Gasteiger partial charge in [0.1, 0.15) is 23.3 Å². The van der Waals surface area contributed by atoms with E-state index < -0.39 is 0 Å². The van der Waals surface area contributed by atoms with Gasteiger partial charge in [0, 0.05) is 36.0 Å². The second kappa shape index (κ2) is 6.08. The SMILES string of the molecule is CCc1ncc(-c2coc(-c3ccc4c(c3)nnn4C(C)C)n2)cn1. The summed E-state index contributed by atoms with van der Waals surface area (Å²) in [5.41, 5.74) is 4.22. The summed E-state index contributed by atoms with van der Waals surface area (Å²) in [6.07, 6.45) is 5.96. The quantitative estimate of drug-likeness (QED) is 0.566. The fourth-order valence-electron chi connectivity index (χ4n) is 2.66. The van der Waals surface area contributed by atoms with Crippen molar-refractivity contribution in [2.45, 2.75) is 33.2 Å². The Morgan fingerprint density at radius 2 is 1.92 bits per heavy atom. The van der Waals surface area contributed by atoms with Gasteiger partial charge >= 0.3 is 0 Å². The van der Waals surface area contributed by atoms with Crippen molar-refractivity contribution in [1.82, 2.24) is 29.9 Å². The first-order chi connectivity index (χ1) is 12.2. The van der Waals surface area contributed by atoms with Crippen LogP contribution in [0.5, 0.6) is 0 Å². The Kier molecular flexibility index (Phi) is 3.76. The van der Waals surface area contributed by atoms with Crippen LogP contribution in [0.2, 0.25) is 0 Å². The highest BCUT2D eigenvalue weighted by Gasteiger charge is 2.13. The lowest BCUT2D eigenvalue weighted by Crippen LogP contribution is -2.02. The maximum atomic E-state index is 5.64. The van der Waals surface area contributed by atoms with Crippen LogP contribution in [0, 0.1) is 0 Å². The van der Waals surface area contributed by atoms with Crippen molar-refractivity contribution in [2.75, 3.05) is 0 Å². The van der Waals surface area contributed by atoms with Crippen molar-refractivity contribution in [3.05, 3.63) is 42.7 Å². The number of oxazole rings is 1. The van der Waals surface area contributed by atoms with Crippen LogP contribution in [0.1, 0.15) is 32.6 Å². The van der Waals surface area contributed by atoms with E-state index in [1.54, 1.807) is 18.7 Å². The third-order valence-corrected chi connectivity index (χ3v) is 4.03. The lowest BCUT2D eigenvalue weighted by Gasteiger charge is -2.05. The summed E-state index contributed by atoms with van der Waals surface area (Å²) in [5, 5.41) is 8.43. The molecule has 3 heterocycles. The minimum absolute atomic E-state index is 0.260. The van der Waals surface area contributed by atoms with Gasteiger partial charge in [0.2, 0.25) is 5.89 Å². The maximum absolute atomic E-state index is 5.64. The summed E-state index contributed by atoms with van der Waals surface area (Å²) in [7, 11) is 0. The molecule has 0 saturated heterocycles. The van der Waals surface area contributed by atoms with E-state index in [4.69, 9.17) is 4.42 Å². The number of aromatic nitrogens is 6. The predicted octanol–water partition coefficient (Wildman–Crippen LogP) is 3.69. The Hall–Kier alpha value is -3.09. The van der Waals surface area contributed by atoms with Crippen molar-refractivity contribution in [1.29, 1.82) is 0 Å². The standard InChI is InChI=1S/C18H18N6O/c1-4-17-19-8-13(9-20-17)15-10-25-18(21-15)12-5-6-16-14(7-12)22-23-24(16)11(2)3/h5-11H,4H2,1-3H3. The molecule has 0 bridgehead atoms. The first kappa shape index (κ1) is 15.4. The average Bonchev–Trinajstić information content (AvgIpc) is 3.28. The smallest absolute Gasteiger partial charge is 0.226 e. The molecule has 0 saturated carbocycles. The van der Waals surface area contributed by atoms with Gasteiger partial charge in [-0.1, -0.05) is 12.1 Å². The molecule has 7 heteroatoms. The molecule has 25 heavy (non-hydrogen) atoms. The van der Waals surface area contributed by atoms with Gasteiger partial charge in [-0.2, -0.15) is 0 Å². The van der Waals surface area contributed by atoms with Crippen LogP contribution in [0.4, 0.5) is 0 Å². The van der Waals surface area contributed by atoms with Gasteiger partial charge in [-0.25, -0.2) is 19.6 Å². The van der Waals surface area contributed by atoms with E-state index >= 15 is 0 Å². The molecule has 7 nitrogen and oxygen atoms in total. The first-order valence-corrected chi connectivity index (χ1v) is 8.28. The summed E-state index contributed by atoms with van der Waals surface area (Å²) < 4.78 is 7.54. The zero-order valence-electron chi connectivity index (χ0n) is 14.3. The summed E-state index contributed by atoms with van der Waals surface area (Å²) in [4.78, 5) is 13.2. The molecule has 3 aromatic heterocycles. The topological polar surface area (TPSA) is 82.5 Å². The van der Waals surface area contributed by atoms with Crippen molar-refractivity contribution in [3.63, 3.8) is 0 Å². The van der Waals surface area contributed by atoms with Gasteiger partial charge in [-0.15, -0.1) is 5.10 Å². The summed E-state index contributed by atoms with van der Waals surface area (Å²) in [6.45, 7) is 6.18. The van der Waals surface area contributed by atoms with Crippen LogP contribution in [0.25, 0.3) is 33.7 Å². The number of rotatable bonds is 4. The molecule has 0 amide bonds. The van der Waals surface area contributed by atoms with Gasteiger partial charge in [0.15, 0.2) is 0 Å². The number of hydrogen-bond acceptors (Lipinski definition) is 6. The fraction of sp³-hybridized carbons (Fsp3) is 0.278. The molecule has 4 aromatic rings. The molecule has 0 unspecified atom stereocenters. The molecule has 4 rings (SSSR count). The number of aryl methyl sites for hydroxylation is 1. The molecule has 0 N–H and O–H groups in total. The van der Waals surface area contributed by atoms with Crippen molar-refractivity contribution >= 4 is 11.0 Å². The Bertz CT molecular complexity index is 1020. The average molecular weight is 334 g/mol. The van der Waals surface area contributed by atoms with Crippen LogP contribution >= 0.6 is 0 Å². The third-order valence-electron chi connectivity index (χ3n) is 4.03.